The van der Waals surface area contributed by atoms with E-state index in [9.17, 15) is 14.0 Å². The van der Waals surface area contributed by atoms with Crippen molar-refractivity contribution in [2.75, 3.05) is 13.1 Å². The van der Waals surface area contributed by atoms with Crippen LogP contribution in [0.5, 0.6) is 0 Å². The van der Waals surface area contributed by atoms with Crippen molar-refractivity contribution in [2.24, 2.45) is 0 Å². The monoisotopic (exact) mass is 388 g/mol. The molecule has 0 radical (unpaired) electrons. The minimum Gasteiger partial charge on any atom is -0.350 e. The summed E-state index contributed by atoms with van der Waals surface area (Å²) in [7, 11) is 0. The first kappa shape index (κ1) is 20.6. The second-order valence-corrected chi connectivity index (χ2v) is 6.50. The highest BCUT2D eigenvalue weighted by atomic mass is 35.5. The average molecular weight is 389 g/mol. The van der Waals surface area contributed by atoms with E-state index in [2.05, 4.69) is 5.32 Å². The minimum absolute atomic E-state index is 0.0461. The number of hydrogen-bond donors (Lipinski definition) is 1. The molecule has 27 heavy (non-hydrogen) atoms. The Hall–Kier alpha value is -2.66. The molecule has 4 nitrogen and oxygen atoms in total. The van der Waals surface area contributed by atoms with Crippen LogP contribution in [0.25, 0.3) is 6.08 Å². The second-order valence-electron chi connectivity index (χ2n) is 6.10. The van der Waals surface area contributed by atoms with Crippen molar-refractivity contribution in [3.63, 3.8) is 0 Å². The smallest absolute Gasteiger partial charge is 0.247 e. The summed E-state index contributed by atoms with van der Waals surface area (Å²) in [5, 5.41) is 3.36. The Balaban J connectivity index is 1.89. The molecule has 2 rings (SSSR count). The SMILES string of the molecule is CCN(CC(=O)NCc1ccc(F)cc1)C(=O)/C=C/c1ccc(C)c(Cl)c1. The van der Waals surface area contributed by atoms with Gasteiger partial charge < -0.3 is 10.2 Å². The summed E-state index contributed by atoms with van der Waals surface area (Å²) < 4.78 is 12.9. The number of benzene rings is 2. The number of carbonyl (C=O) groups excluding carboxylic acids is 2. The van der Waals surface area contributed by atoms with E-state index in [1.807, 2.05) is 26.0 Å². The van der Waals surface area contributed by atoms with Gasteiger partial charge >= 0.3 is 0 Å². The van der Waals surface area contributed by atoms with Gasteiger partial charge in [-0.3, -0.25) is 9.59 Å². The first-order valence-electron chi connectivity index (χ1n) is 8.63. The van der Waals surface area contributed by atoms with Gasteiger partial charge in [-0.05, 0) is 54.8 Å². The lowest BCUT2D eigenvalue weighted by Crippen LogP contribution is -2.39. The third-order valence-electron chi connectivity index (χ3n) is 4.05. The molecule has 0 saturated carbocycles. The van der Waals surface area contributed by atoms with Crippen molar-refractivity contribution in [1.82, 2.24) is 10.2 Å². The van der Waals surface area contributed by atoms with Crippen molar-refractivity contribution in [3.8, 4) is 0 Å². The molecule has 142 valence electrons. The summed E-state index contributed by atoms with van der Waals surface area (Å²) in [6.45, 7) is 4.35. The lowest BCUT2D eigenvalue weighted by molar-refractivity contribution is -0.132. The molecule has 0 heterocycles. The molecule has 0 saturated heterocycles. The van der Waals surface area contributed by atoms with Crippen molar-refractivity contribution in [1.29, 1.82) is 0 Å². The van der Waals surface area contributed by atoms with E-state index >= 15 is 0 Å². The fourth-order valence-electron chi connectivity index (χ4n) is 2.36. The van der Waals surface area contributed by atoms with Gasteiger partial charge in [0, 0.05) is 24.2 Å². The molecule has 2 aromatic rings. The van der Waals surface area contributed by atoms with Crippen LogP contribution in [0.2, 0.25) is 5.02 Å². The molecule has 0 spiro atoms. The number of aryl methyl sites for hydroxylation is 1. The fourth-order valence-corrected chi connectivity index (χ4v) is 2.55. The van der Waals surface area contributed by atoms with Crippen molar-refractivity contribution >= 4 is 29.5 Å². The number of rotatable bonds is 7. The Morgan fingerprint density at radius 3 is 2.52 bits per heavy atom. The normalized spacial score (nSPS) is 10.8. The number of hydrogen-bond acceptors (Lipinski definition) is 2. The molecule has 0 aliphatic carbocycles. The fraction of sp³-hybridized carbons (Fsp3) is 0.238. The zero-order chi connectivity index (χ0) is 19.8. The number of nitrogens with zero attached hydrogens (tertiary/aromatic N) is 1. The maximum Gasteiger partial charge on any atom is 0.247 e. The third kappa shape index (κ3) is 6.53. The molecular weight excluding hydrogens is 367 g/mol. The van der Waals surface area contributed by atoms with Crippen LogP contribution in [-0.4, -0.2) is 29.8 Å². The van der Waals surface area contributed by atoms with Gasteiger partial charge in [0.2, 0.25) is 11.8 Å². The largest absolute Gasteiger partial charge is 0.350 e. The summed E-state index contributed by atoms with van der Waals surface area (Å²) in [4.78, 5) is 25.9. The van der Waals surface area contributed by atoms with Gasteiger partial charge in [-0.2, -0.15) is 0 Å². The van der Waals surface area contributed by atoms with Gasteiger partial charge in [0.15, 0.2) is 0 Å². The summed E-state index contributed by atoms with van der Waals surface area (Å²) in [6.07, 6.45) is 3.10. The molecule has 0 unspecified atom stereocenters. The summed E-state index contributed by atoms with van der Waals surface area (Å²) in [5.74, 6) is -0.859. The van der Waals surface area contributed by atoms with Gasteiger partial charge in [0.1, 0.15) is 5.82 Å². The van der Waals surface area contributed by atoms with Crippen LogP contribution in [0.15, 0.2) is 48.5 Å². The predicted octanol–water partition coefficient (Wildman–Crippen LogP) is 3.97. The molecule has 0 aromatic heterocycles. The zero-order valence-corrected chi connectivity index (χ0v) is 16.1. The maximum atomic E-state index is 12.9. The second kappa shape index (κ2) is 9.88. The van der Waals surface area contributed by atoms with Crippen molar-refractivity contribution in [2.45, 2.75) is 20.4 Å². The number of likely N-dealkylation sites (N-methyl/N-ethyl adjacent to an activating group) is 1. The van der Waals surface area contributed by atoms with Crippen LogP contribution in [0.1, 0.15) is 23.6 Å². The lowest BCUT2D eigenvalue weighted by atomic mass is 10.1. The molecule has 6 heteroatoms. The number of halogens is 2. The first-order valence-corrected chi connectivity index (χ1v) is 9.01. The number of amides is 2. The van der Waals surface area contributed by atoms with Crippen LogP contribution in [-0.2, 0) is 16.1 Å². The predicted molar refractivity (Wildman–Crippen MR) is 106 cm³/mol. The van der Waals surface area contributed by atoms with E-state index < -0.39 is 0 Å². The molecular formula is C21H22ClFN2O2. The Bertz CT molecular complexity index is 835. The van der Waals surface area contributed by atoms with Gasteiger partial charge in [-0.15, -0.1) is 0 Å². The molecule has 0 bridgehead atoms. The minimum atomic E-state index is -0.325. The van der Waals surface area contributed by atoms with Gasteiger partial charge in [0.05, 0.1) is 6.54 Å². The van der Waals surface area contributed by atoms with E-state index in [1.165, 1.54) is 23.1 Å². The van der Waals surface area contributed by atoms with Gasteiger partial charge in [-0.1, -0.05) is 35.9 Å². The highest BCUT2D eigenvalue weighted by Crippen LogP contribution is 2.17. The van der Waals surface area contributed by atoms with E-state index in [0.717, 1.165) is 16.7 Å². The molecule has 0 aliphatic rings. The first-order chi connectivity index (χ1) is 12.9. The topological polar surface area (TPSA) is 49.4 Å². The summed E-state index contributed by atoms with van der Waals surface area (Å²) in [6, 6.07) is 11.4. The number of nitrogens with one attached hydrogen (secondary N) is 1. The van der Waals surface area contributed by atoms with Gasteiger partial charge in [0.25, 0.3) is 0 Å². The molecule has 2 aromatic carbocycles. The molecule has 0 atom stereocenters. The molecule has 0 aliphatic heterocycles. The van der Waals surface area contributed by atoms with E-state index in [-0.39, 0.29) is 30.7 Å². The Morgan fingerprint density at radius 1 is 1.19 bits per heavy atom. The van der Waals surface area contributed by atoms with E-state index in [4.69, 9.17) is 11.6 Å². The Kier molecular flexibility index (Phi) is 7.55. The zero-order valence-electron chi connectivity index (χ0n) is 15.3. The van der Waals surface area contributed by atoms with Crippen LogP contribution in [0.4, 0.5) is 4.39 Å². The Labute approximate surface area is 163 Å². The van der Waals surface area contributed by atoms with E-state index in [1.54, 1.807) is 24.3 Å². The highest BCUT2D eigenvalue weighted by molar-refractivity contribution is 6.31. The lowest BCUT2D eigenvalue weighted by Gasteiger charge is -2.18. The van der Waals surface area contributed by atoms with Crippen molar-refractivity contribution < 1.29 is 14.0 Å². The third-order valence-corrected chi connectivity index (χ3v) is 4.45. The number of carbonyl (C=O) groups is 2. The van der Waals surface area contributed by atoms with Crippen LogP contribution < -0.4 is 5.32 Å². The van der Waals surface area contributed by atoms with Crippen LogP contribution in [0.3, 0.4) is 0 Å². The van der Waals surface area contributed by atoms with Crippen LogP contribution >= 0.6 is 11.6 Å². The molecule has 0 fully saturated rings. The Morgan fingerprint density at radius 2 is 1.89 bits per heavy atom. The average Bonchev–Trinajstić information content (AvgIpc) is 2.66. The quantitative estimate of drug-likeness (QED) is 0.730. The van der Waals surface area contributed by atoms with E-state index in [0.29, 0.717) is 11.6 Å². The van der Waals surface area contributed by atoms with Gasteiger partial charge in [-0.25, -0.2) is 4.39 Å². The van der Waals surface area contributed by atoms with Crippen LogP contribution in [0, 0.1) is 12.7 Å². The standard InChI is InChI=1S/C21H22ClFN2O2/c1-3-25(14-20(26)24-13-17-6-9-18(23)10-7-17)21(27)11-8-16-5-4-15(2)19(22)12-16/h4-12H,3,13-14H2,1-2H3,(H,24,26)/b11-8+. The summed E-state index contributed by atoms with van der Waals surface area (Å²) in [5.41, 5.74) is 2.57. The maximum absolute atomic E-state index is 12.9. The molecule has 1 N–H and O–H groups in total. The highest BCUT2D eigenvalue weighted by Gasteiger charge is 2.13. The molecule has 2 amide bonds. The van der Waals surface area contributed by atoms with Crippen molar-refractivity contribution in [3.05, 3.63) is 76.1 Å². The summed E-state index contributed by atoms with van der Waals surface area (Å²) >= 11 is 6.08.